The summed E-state index contributed by atoms with van der Waals surface area (Å²) in [6, 6.07) is 4.96. The number of benzene rings is 1. The summed E-state index contributed by atoms with van der Waals surface area (Å²) in [5.74, 6) is -12.8. The third-order valence-corrected chi connectivity index (χ3v) is 2.80. The van der Waals surface area contributed by atoms with E-state index in [4.69, 9.17) is 5.11 Å². The van der Waals surface area contributed by atoms with Crippen molar-refractivity contribution in [3.8, 4) is 0 Å². The molecule has 106 valence electrons. The third kappa shape index (κ3) is 2.17. The molecule has 1 aromatic rings. The SMILES string of the molecule is CCC(F)(F)C(F)(F)C(F)(C(=O)O)c1ccccc1. The molecule has 1 N–H and O–H groups in total. The Hall–Kier alpha value is -1.66. The topological polar surface area (TPSA) is 37.3 Å². The molecule has 0 aliphatic carbocycles. The molecule has 7 heteroatoms. The lowest BCUT2D eigenvalue weighted by Gasteiger charge is -2.35. The highest BCUT2D eigenvalue weighted by atomic mass is 19.3. The first-order valence-corrected chi connectivity index (χ1v) is 5.34. The number of carboxylic acids is 1. The van der Waals surface area contributed by atoms with Gasteiger partial charge in [-0.05, 0) is 0 Å². The first-order chi connectivity index (χ1) is 8.61. The zero-order valence-corrected chi connectivity index (χ0v) is 9.84. The second-order valence-corrected chi connectivity index (χ2v) is 3.96. The quantitative estimate of drug-likeness (QED) is 0.837. The van der Waals surface area contributed by atoms with Crippen LogP contribution in [0.5, 0.6) is 0 Å². The maximum absolute atomic E-state index is 14.3. The van der Waals surface area contributed by atoms with Gasteiger partial charge >= 0.3 is 23.5 Å². The van der Waals surface area contributed by atoms with Crippen LogP contribution in [0.3, 0.4) is 0 Å². The standard InChI is InChI=1S/C12H11F5O2/c1-2-10(13,14)12(16,17)11(15,9(18)19)8-6-4-3-5-7-8/h3-7H,2H2,1H3,(H,18,19). The van der Waals surface area contributed by atoms with Crippen LogP contribution in [-0.4, -0.2) is 22.9 Å². The molecule has 0 saturated carbocycles. The number of hydrogen-bond acceptors (Lipinski definition) is 1. The summed E-state index contributed by atoms with van der Waals surface area (Å²) in [7, 11) is 0. The van der Waals surface area contributed by atoms with Gasteiger partial charge in [0.2, 0.25) is 0 Å². The summed E-state index contributed by atoms with van der Waals surface area (Å²) in [5.41, 5.74) is -5.52. The van der Waals surface area contributed by atoms with Crippen molar-refractivity contribution in [2.75, 3.05) is 0 Å². The molecule has 0 spiro atoms. The van der Waals surface area contributed by atoms with Gasteiger partial charge in [-0.2, -0.15) is 17.6 Å². The van der Waals surface area contributed by atoms with E-state index in [1.54, 1.807) is 0 Å². The van der Waals surface area contributed by atoms with Crippen LogP contribution in [0.4, 0.5) is 22.0 Å². The van der Waals surface area contributed by atoms with Gasteiger partial charge in [0.05, 0.1) is 0 Å². The summed E-state index contributed by atoms with van der Waals surface area (Å²) in [4.78, 5) is 10.8. The molecular weight excluding hydrogens is 271 g/mol. The zero-order valence-electron chi connectivity index (χ0n) is 9.84. The Balaban J connectivity index is 3.49. The number of hydrogen-bond donors (Lipinski definition) is 1. The monoisotopic (exact) mass is 282 g/mol. The maximum atomic E-state index is 14.3. The Morgan fingerprint density at radius 3 is 1.95 bits per heavy atom. The van der Waals surface area contributed by atoms with Crippen molar-refractivity contribution in [3.05, 3.63) is 35.9 Å². The average molecular weight is 282 g/mol. The predicted octanol–water partition coefficient (Wildman–Crippen LogP) is 3.62. The molecule has 19 heavy (non-hydrogen) atoms. The lowest BCUT2D eigenvalue weighted by molar-refractivity contribution is -0.275. The molecular formula is C12H11F5O2. The van der Waals surface area contributed by atoms with Crippen molar-refractivity contribution in [2.45, 2.75) is 30.9 Å². The highest BCUT2D eigenvalue weighted by Gasteiger charge is 2.73. The Labute approximate surface area is 105 Å². The number of aliphatic carboxylic acids is 1. The summed E-state index contributed by atoms with van der Waals surface area (Å²) < 4.78 is 68.1. The molecule has 0 bridgehead atoms. The van der Waals surface area contributed by atoms with Gasteiger partial charge in [0, 0.05) is 12.0 Å². The van der Waals surface area contributed by atoms with Crippen LogP contribution in [-0.2, 0) is 10.5 Å². The second-order valence-electron chi connectivity index (χ2n) is 3.96. The van der Waals surface area contributed by atoms with E-state index in [0.29, 0.717) is 0 Å². The van der Waals surface area contributed by atoms with E-state index in [1.807, 2.05) is 0 Å². The molecule has 1 rings (SSSR count). The third-order valence-electron chi connectivity index (χ3n) is 2.80. The summed E-state index contributed by atoms with van der Waals surface area (Å²) in [6.07, 6.45) is -1.38. The zero-order chi connectivity index (χ0) is 14.9. The first-order valence-electron chi connectivity index (χ1n) is 5.34. The fourth-order valence-corrected chi connectivity index (χ4v) is 1.58. The fraction of sp³-hybridized carbons (Fsp3) is 0.417. The smallest absolute Gasteiger partial charge is 0.358 e. The van der Waals surface area contributed by atoms with Crippen molar-refractivity contribution in [1.82, 2.24) is 0 Å². The van der Waals surface area contributed by atoms with Gasteiger partial charge in [-0.3, -0.25) is 0 Å². The van der Waals surface area contributed by atoms with Gasteiger partial charge in [-0.25, -0.2) is 9.18 Å². The summed E-state index contributed by atoms with van der Waals surface area (Å²) in [5, 5.41) is 8.69. The highest BCUT2D eigenvalue weighted by molar-refractivity contribution is 5.81. The molecule has 1 aromatic carbocycles. The molecule has 1 atom stereocenters. The van der Waals surface area contributed by atoms with Crippen LogP contribution >= 0.6 is 0 Å². The molecule has 0 fully saturated rings. The Morgan fingerprint density at radius 2 is 1.58 bits per heavy atom. The molecule has 2 nitrogen and oxygen atoms in total. The second kappa shape index (κ2) is 4.79. The lowest BCUT2D eigenvalue weighted by atomic mass is 9.85. The van der Waals surface area contributed by atoms with Gasteiger partial charge in [0.1, 0.15) is 0 Å². The molecule has 0 aromatic heterocycles. The van der Waals surface area contributed by atoms with Crippen LogP contribution in [0, 0.1) is 0 Å². The van der Waals surface area contributed by atoms with E-state index in [9.17, 15) is 26.7 Å². The Bertz CT molecular complexity index is 460. The number of rotatable bonds is 5. The number of carbonyl (C=O) groups is 1. The van der Waals surface area contributed by atoms with Crippen molar-refractivity contribution in [1.29, 1.82) is 0 Å². The minimum atomic E-state index is -5.37. The minimum absolute atomic E-state index is 0.723. The van der Waals surface area contributed by atoms with Crippen molar-refractivity contribution >= 4 is 5.97 Å². The molecule has 0 radical (unpaired) electrons. The van der Waals surface area contributed by atoms with Crippen LogP contribution in [0.2, 0.25) is 0 Å². The van der Waals surface area contributed by atoms with Gasteiger partial charge in [-0.1, -0.05) is 37.3 Å². The molecule has 1 unspecified atom stereocenters. The van der Waals surface area contributed by atoms with Gasteiger partial charge in [0.15, 0.2) is 0 Å². The summed E-state index contributed by atoms with van der Waals surface area (Å²) in [6.45, 7) is 0.723. The molecule has 0 saturated heterocycles. The molecule has 0 aliphatic heterocycles. The molecule has 0 heterocycles. The van der Waals surface area contributed by atoms with Crippen LogP contribution in [0.15, 0.2) is 30.3 Å². The van der Waals surface area contributed by atoms with E-state index < -0.39 is 35.5 Å². The highest BCUT2D eigenvalue weighted by Crippen LogP contribution is 2.51. The molecule has 0 aliphatic rings. The Morgan fingerprint density at radius 1 is 1.11 bits per heavy atom. The predicted molar refractivity (Wildman–Crippen MR) is 57.0 cm³/mol. The van der Waals surface area contributed by atoms with E-state index in [-0.39, 0.29) is 0 Å². The van der Waals surface area contributed by atoms with Crippen LogP contribution < -0.4 is 0 Å². The molecule has 0 amide bonds. The number of halogens is 5. The van der Waals surface area contributed by atoms with Crippen molar-refractivity contribution in [3.63, 3.8) is 0 Å². The average Bonchev–Trinajstić information content (AvgIpc) is 2.38. The van der Waals surface area contributed by atoms with E-state index in [1.165, 1.54) is 6.07 Å². The number of carboxylic acid groups (broad SMARTS) is 1. The first kappa shape index (κ1) is 15.4. The van der Waals surface area contributed by atoms with Gasteiger partial charge in [0.25, 0.3) is 0 Å². The fourth-order valence-electron chi connectivity index (χ4n) is 1.58. The number of alkyl halides is 5. The minimum Gasteiger partial charge on any atom is -0.478 e. The van der Waals surface area contributed by atoms with Gasteiger partial charge < -0.3 is 5.11 Å². The van der Waals surface area contributed by atoms with E-state index in [0.717, 1.165) is 31.2 Å². The lowest BCUT2D eigenvalue weighted by Crippen LogP contribution is -2.58. The van der Waals surface area contributed by atoms with Crippen LogP contribution in [0.1, 0.15) is 18.9 Å². The van der Waals surface area contributed by atoms with E-state index >= 15 is 0 Å². The van der Waals surface area contributed by atoms with E-state index in [2.05, 4.69) is 0 Å². The Kier molecular flexibility index (Phi) is 3.88. The van der Waals surface area contributed by atoms with Gasteiger partial charge in [-0.15, -0.1) is 0 Å². The largest absolute Gasteiger partial charge is 0.478 e. The maximum Gasteiger partial charge on any atom is 0.358 e. The van der Waals surface area contributed by atoms with Crippen molar-refractivity contribution < 1.29 is 31.9 Å². The van der Waals surface area contributed by atoms with Crippen molar-refractivity contribution in [2.24, 2.45) is 0 Å². The summed E-state index contributed by atoms with van der Waals surface area (Å²) >= 11 is 0. The van der Waals surface area contributed by atoms with Crippen LogP contribution in [0.25, 0.3) is 0 Å². The normalized spacial score (nSPS) is 15.9.